The second-order valence-electron chi connectivity index (χ2n) is 5.54. The van der Waals surface area contributed by atoms with Crippen LogP contribution in [-0.2, 0) is 11.4 Å². The number of amides is 2. The van der Waals surface area contributed by atoms with E-state index in [1.54, 1.807) is 62.4 Å². The molecule has 0 aromatic heterocycles. The number of nitrogens with one attached hydrogen (secondary N) is 2. The molecule has 126 valence electrons. The molecule has 2 rings (SSSR count). The molecule has 0 unspecified atom stereocenters. The third kappa shape index (κ3) is 5.28. The van der Waals surface area contributed by atoms with E-state index < -0.39 is 0 Å². The summed E-state index contributed by atoms with van der Waals surface area (Å²) in [6, 6.07) is 14.1. The molecule has 0 aliphatic rings. The number of hydrogen-bond acceptors (Lipinski definition) is 3. The first-order chi connectivity index (χ1) is 11.5. The molecule has 0 saturated heterocycles. The van der Waals surface area contributed by atoms with Crippen molar-refractivity contribution in [1.82, 2.24) is 10.9 Å². The van der Waals surface area contributed by atoms with Crippen molar-refractivity contribution >= 4 is 23.4 Å². The Kier molecular flexibility index (Phi) is 6.21. The normalized spacial score (nSPS) is 10.3. The Morgan fingerprint density at radius 1 is 1.00 bits per heavy atom. The predicted octanol–water partition coefficient (Wildman–Crippen LogP) is 3.34. The van der Waals surface area contributed by atoms with Crippen LogP contribution in [0.5, 0.6) is 5.75 Å². The highest BCUT2D eigenvalue weighted by Gasteiger charge is 2.09. The minimum absolute atomic E-state index is 0.197. The quantitative estimate of drug-likeness (QED) is 0.816. The van der Waals surface area contributed by atoms with Crippen molar-refractivity contribution in [2.24, 2.45) is 5.92 Å². The monoisotopic (exact) mass is 346 g/mol. The maximum Gasteiger partial charge on any atom is 0.269 e. The molecule has 2 amide bonds. The first-order valence-corrected chi connectivity index (χ1v) is 7.91. The van der Waals surface area contributed by atoms with Gasteiger partial charge in [-0.25, -0.2) is 0 Å². The van der Waals surface area contributed by atoms with Gasteiger partial charge in [0.1, 0.15) is 12.4 Å². The minimum Gasteiger partial charge on any atom is -0.489 e. The zero-order chi connectivity index (χ0) is 17.5. The van der Waals surface area contributed by atoms with Crippen LogP contribution >= 0.6 is 11.6 Å². The van der Waals surface area contributed by atoms with Gasteiger partial charge >= 0.3 is 0 Å². The van der Waals surface area contributed by atoms with Gasteiger partial charge in [0.05, 0.1) is 0 Å². The van der Waals surface area contributed by atoms with Crippen molar-refractivity contribution in [3.05, 3.63) is 64.7 Å². The van der Waals surface area contributed by atoms with E-state index in [1.807, 2.05) is 0 Å². The van der Waals surface area contributed by atoms with Crippen molar-refractivity contribution in [2.45, 2.75) is 20.5 Å². The van der Waals surface area contributed by atoms with Crippen molar-refractivity contribution in [2.75, 3.05) is 0 Å². The van der Waals surface area contributed by atoms with Gasteiger partial charge in [0.2, 0.25) is 5.91 Å². The summed E-state index contributed by atoms with van der Waals surface area (Å²) in [6.07, 6.45) is 0. The summed E-state index contributed by atoms with van der Waals surface area (Å²) >= 11 is 5.82. The van der Waals surface area contributed by atoms with E-state index in [0.717, 1.165) is 11.3 Å². The zero-order valence-electron chi connectivity index (χ0n) is 13.5. The molecule has 2 aromatic carbocycles. The van der Waals surface area contributed by atoms with Crippen LogP contribution in [0, 0.1) is 5.92 Å². The number of halogens is 1. The summed E-state index contributed by atoms with van der Waals surface area (Å²) in [7, 11) is 0. The van der Waals surface area contributed by atoms with Gasteiger partial charge in [-0.3, -0.25) is 20.4 Å². The maximum absolute atomic E-state index is 11.9. The lowest BCUT2D eigenvalue weighted by Gasteiger charge is -2.10. The van der Waals surface area contributed by atoms with Gasteiger partial charge in [0, 0.05) is 16.5 Å². The van der Waals surface area contributed by atoms with Gasteiger partial charge in [0.15, 0.2) is 0 Å². The zero-order valence-corrected chi connectivity index (χ0v) is 14.3. The van der Waals surface area contributed by atoms with E-state index in [9.17, 15) is 9.59 Å². The summed E-state index contributed by atoms with van der Waals surface area (Å²) in [6.45, 7) is 3.88. The molecular formula is C18H19ClN2O3. The Labute approximate surface area is 145 Å². The Morgan fingerprint density at radius 2 is 1.62 bits per heavy atom. The second kappa shape index (κ2) is 8.36. The van der Waals surface area contributed by atoms with Crippen LogP contribution in [0.3, 0.4) is 0 Å². The molecule has 24 heavy (non-hydrogen) atoms. The highest BCUT2D eigenvalue weighted by atomic mass is 35.5. The smallest absolute Gasteiger partial charge is 0.269 e. The molecule has 5 nitrogen and oxygen atoms in total. The van der Waals surface area contributed by atoms with Crippen LogP contribution in [-0.4, -0.2) is 11.8 Å². The summed E-state index contributed by atoms with van der Waals surface area (Å²) in [5, 5.41) is 0.655. The third-order valence-corrected chi connectivity index (χ3v) is 3.51. The van der Waals surface area contributed by atoms with E-state index in [-0.39, 0.29) is 17.7 Å². The summed E-state index contributed by atoms with van der Waals surface area (Å²) < 4.78 is 5.64. The lowest BCUT2D eigenvalue weighted by Crippen LogP contribution is -2.43. The van der Waals surface area contributed by atoms with Crippen molar-refractivity contribution in [1.29, 1.82) is 0 Å². The van der Waals surface area contributed by atoms with Crippen LogP contribution in [0.15, 0.2) is 48.5 Å². The lowest BCUT2D eigenvalue weighted by molar-refractivity contribution is -0.124. The molecule has 6 heteroatoms. The maximum atomic E-state index is 11.9. The standard InChI is InChI=1S/C18H19ClN2O3/c1-12(2)17(22)20-21-18(23)14-5-3-13(4-6-14)11-24-16-9-7-15(19)8-10-16/h3-10,12H,11H2,1-2H3,(H,20,22)(H,21,23). The van der Waals surface area contributed by atoms with E-state index in [2.05, 4.69) is 10.9 Å². The number of hydrogen-bond donors (Lipinski definition) is 2. The highest BCUT2D eigenvalue weighted by molar-refractivity contribution is 6.30. The fourth-order valence-electron chi connectivity index (χ4n) is 1.78. The molecule has 2 N–H and O–H groups in total. The molecule has 0 spiro atoms. The lowest BCUT2D eigenvalue weighted by atomic mass is 10.1. The largest absolute Gasteiger partial charge is 0.489 e. The molecule has 0 radical (unpaired) electrons. The minimum atomic E-state index is -0.367. The molecule has 0 saturated carbocycles. The molecule has 0 bridgehead atoms. The van der Waals surface area contributed by atoms with Crippen molar-refractivity contribution in [3.63, 3.8) is 0 Å². The number of hydrazine groups is 1. The number of ether oxygens (including phenoxy) is 1. The van der Waals surface area contributed by atoms with Gasteiger partial charge < -0.3 is 4.74 Å². The number of benzene rings is 2. The number of carbonyl (C=O) groups is 2. The van der Waals surface area contributed by atoms with Crippen molar-refractivity contribution < 1.29 is 14.3 Å². The molecule has 0 aliphatic carbocycles. The highest BCUT2D eigenvalue weighted by Crippen LogP contribution is 2.17. The van der Waals surface area contributed by atoms with E-state index in [4.69, 9.17) is 16.3 Å². The Balaban J connectivity index is 1.86. The average molecular weight is 347 g/mol. The topological polar surface area (TPSA) is 67.4 Å². The van der Waals surface area contributed by atoms with Gasteiger partial charge in [0.25, 0.3) is 5.91 Å². The first kappa shape index (κ1) is 17.8. The molecule has 0 heterocycles. The fraction of sp³-hybridized carbons (Fsp3) is 0.222. The first-order valence-electron chi connectivity index (χ1n) is 7.53. The van der Waals surface area contributed by atoms with Crippen LogP contribution in [0.2, 0.25) is 5.02 Å². The van der Waals surface area contributed by atoms with Gasteiger partial charge in [-0.05, 0) is 42.0 Å². The average Bonchev–Trinajstić information content (AvgIpc) is 2.59. The van der Waals surface area contributed by atoms with Gasteiger partial charge in [-0.2, -0.15) is 0 Å². The van der Waals surface area contributed by atoms with Crippen LogP contribution < -0.4 is 15.6 Å². The van der Waals surface area contributed by atoms with E-state index in [1.165, 1.54) is 0 Å². The number of rotatable bonds is 5. The van der Waals surface area contributed by atoms with Gasteiger partial charge in [-0.15, -0.1) is 0 Å². The molecule has 0 fully saturated rings. The molecule has 0 aliphatic heterocycles. The Bertz CT molecular complexity index is 697. The molecule has 2 aromatic rings. The molecule has 0 atom stereocenters. The van der Waals surface area contributed by atoms with Crippen molar-refractivity contribution in [3.8, 4) is 5.75 Å². The summed E-state index contributed by atoms with van der Waals surface area (Å²) in [5.74, 6) is -0.0826. The summed E-state index contributed by atoms with van der Waals surface area (Å²) in [4.78, 5) is 23.3. The van der Waals surface area contributed by atoms with Gasteiger partial charge in [-0.1, -0.05) is 37.6 Å². The number of carbonyl (C=O) groups excluding carboxylic acids is 2. The summed E-state index contributed by atoms with van der Waals surface area (Å²) in [5.41, 5.74) is 6.13. The van der Waals surface area contributed by atoms with Crippen LogP contribution in [0.4, 0.5) is 0 Å². The third-order valence-electron chi connectivity index (χ3n) is 3.26. The predicted molar refractivity (Wildman–Crippen MR) is 92.7 cm³/mol. The SMILES string of the molecule is CC(C)C(=O)NNC(=O)c1ccc(COc2ccc(Cl)cc2)cc1. The van der Waals surface area contributed by atoms with Crippen LogP contribution in [0.25, 0.3) is 0 Å². The van der Waals surface area contributed by atoms with Crippen LogP contribution in [0.1, 0.15) is 29.8 Å². The van der Waals surface area contributed by atoms with E-state index in [0.29, 0.717) is 17.2 Å². The second-order valence-corrected chi connectivity index (χ2v) is 5.97. The Morgan fingerprint density at radius 3 is 2.21 bits per heavy atom. The fourth-order valence-corrected chi connectivity index (χ4v) is 1.91. The Hall–Kier alpha value is -2.53. The van der Waals surface area contributed by atoms with E-state index >= 15 is 0 Å². The molecular weight excluding hydrogens is 328 g/mol.